The zero-order valence-electron chi connectivity index (χ0n) is 11.2. The van der Waals surface area contributed by atoms with Crippen LogP contribution < -0.4 is 5.32 Å². The van der Waals surface area contributed by atoms with Crippen LogP contribution in [-0.4, -0.2) is 32.8 Å². The number of hydrogen-bond acceptors (Lipinski definition) is 4. The van der Waals surface area contributed by atoms with Crippen molar-refractivity contribution in [3.05, 3.63) is 29.3 Å². The second kappa shape index (κ2) is 6.65. The summed E-state index contributed by atoms with van der Waals surface area (Å²) in [5.74, 6) is -2.08. The van der Waals surface area contributed by atoms with Gasteiger partial charge in [-0.2, -0.15) is 0 Å². The van der Waals surface area contributed by atoms with E-state index in [9.17, 15) is 13.6 Å². The number of anilines is 1. The molecule has 1 N–H and O–H groups in total. The van der Waals surface area contributed by atoms with Gasteiger partial charge >= 0.3 is 5.97 Å². The molecule has 0 aliphatic carbocycles. The van der Waals surface area contributed by atoms with Gasteiger partial charge in [0.05, 0.1) is 18.4 Å². The SMILES string of the molecule is COC(=O)c1cc(NCC2CCOCC2)c(F)cc1F. The zero-order valence-corrected chi connectivity index (χ0v) is 11.2. The van der Waals surface area contributed by atoms with Crippen molar-refractivity contribution in [2.24, 2.45) is 5.92 Å². The van der Waals surface area contributed by atoms with Gasteiger partial charge < -0.3 is 14.8 Å². The average molecular weight is 285 g/mol. The molecule has 0 aromatic heterocycles. The molecule has 1 aromatic rings. The summed E-state index contributed by atoms with van der Waals surface area (Å²) in [7, 11) is 1.15. The highest BCUT2D eigenvalue weighted by Crippen LogP contribution is 2.22. The normalized spacial score (nSPS) is 15.9. The average Bonchev–Trinajstić information content (AvgIpc) is 2.46. The van der Waals surface area contributed by atoms with Gasteiger partial charge in [-0.15, -0.1) is 0 Å². The second-order valence-corrected chi connectivity index (χ2v) is 4.74. The van der Waals surface area contributed by atoms with E-state index in [4.69, 9.17) is 4.74 Å². The van der Waals surface area contributed by atoms with Crippen LogP contribution in [0, 0.1) is 17.6 Å². The Balaban J connectivity index is 2.08. The predicted octanol–water partition coefficient (Wildman–Crippen LogP) is 2.59. The number of benzene rings is 1. The fourth-order valence-electron chi connectivity index (χ4n) is 2.16. The maximum Gasteiger partial charge on any atom is 0.340 e. The molecule has 0 atom stereocenters. The van der Waals surface area contributed by atoms with Gasteiger partial charge in [0.15, 0.2) is 0 Å². The summed E-state index contributed by atoms with van der Waals surface area (Å²) >= 11 is 0. The maximum absolute atomic E-state index is 13.7. The van der Waals surface area contributed by atoms with Crippen LogP contribution in [0.25, 0.3) is 0 Å². The lowest BCUT2D eigenvalue weighted by molar-refractivity contribution is 0.0595. The fourth-order valence-corrected chi connectivity index (χ4v) is 2.16. The van der Waals surface area contributed by atoms with E-state index in [1.165, 1.54) is 0 Å². The Hall–Kier alpha value is -1.69. The Labute approximate surface area is 116 Å². The smallest absolute Gasteiger partial charge is 0.340 e. The van der Waals surface area contributed by atoms with E-state index in [2.05, 4.69) is 10.1 Å². The molecule has 1 heterocycles. The fraction of sp³-hybridized carbons (Fsp3) is 0.500. The molecule has 1 aliphatic rings. The van der Waals surface area contributed by atoms with E-state index in [1.807, 2.05) is 0 Å². The minimum atomic E-state index is -0.925. The van der Waals surface area contributed by atoms with Crippen LogP contribution in [0.1, 0.15) is 23.2 Å². The van der Waals surface area contributed by atoms with E-state index in [-0.39, 0.29) is 11.3 Å². The van der Waals surface area contributed by atoms with E-state index < -0.39 is 17.6 Å². The van der Waals surface area contributed by atoms with Gasteiger partial charge in [-0.3, -0.25) is 0 Å². The summed E-state index contributed by atoms with van der Waals surface area (Å²) in [5, 5.41) is 2.92. The van der Waals surface area contributed by atoms with Crippen molar-refractivity contribution in [3.63, 3.8) is 0 Å². The number of ether oxygens (including phenoxy) is 2. The van der Waals surface area contributed by atoms with Crippen molar-refractivity contribution in [2.75, 3.05) is 32.2 Å². The molecule has 2 rings (SSSR count). The number of halogens is 2. The molecule has 6 heteroatoms. The summed E-state index contributed by atoms with van der Waals surface area (Å²) in [6.07, 6.45) is 1.80. The molecule has 0 unspecified atom stereocenters. The summed E-state index contributed by atoms with van der Waals surface area (Å²) in [5.41, 5.74) is -0.165. The van der Waals surface area contributed by atoms with Gasteiger partial charge in [0, 0.05) is 25.8 Å². The highest BCUT2D eigenvalue weighted by atomic mass is 19.1. The molecule has 0 spiro atoms. The Morgan fingerprint density at radius 3 is 2.70 bits per heavy atom. The number of nitrogens with one attached hydrogen (secondary N) is 1. The topological polar surface area (TPSA) is 47.6 Å². The number of carbonyl (C=O) groups excluding carboxylic acids is 1. The van der Waals surface area contributed by atoms with Crippen LogP contribution in [-0.2, 0) is 9.47 Å². The van der Waals surface area contributed by atoms with Crippen LogP contribution in [0.5, 0.6) is 0 Å². The monoisotopic (exact) mass is 285 g/mol. The number of rotatable bonds is 4. The lowest BCUT2D eigenvalue weighted by Gasteiger charge is -2.22. The highest BCUT2D eigenvalue weighted by molar-refractivity contribution is 5.90. The van der Waals surface area contributed by atoms with Crippen molar-refractivity contribution in [3.8, 4) is 0 Å². The summed E-state index contributed by atoms with van der Waals surface area (Å²) in [6.45, 7) is 1.96. The standard InChI is InChI=1S/C14H17F2NO3/c1-19-14(18)10-6-13(12(16)7-11(10)15)17-8-9-2-4-20-5-3-9/h6-7,9,17H,2-5,8H2,1H3. The van der Waals surface area contributed by atoms with Crippen molar-refractivity contribution in [1.82, 2.24) is 0 Å². The Bertz CT molecular complexity index is 488. The second-order valence-electron chi connectivity index (χ2n) is 4.74. The Morgan fingerprint density at radius 2 is 2.05 bits per heavy atom. The first-order valence-corrected chi connectivity index (χ1v) is 6.50. The Morgan fingerprint density at radius 1 is 1.35 bits per heavy atom. The summed E-state index contributed by atoms with van der Waals surface area (Å²) in [4.78, 5) is 11.4. The largest absolute Gasteiger partial charge is 0.465 e. The highest BCUT2D eigenvalue weighted by Gasteiger charge is 2.18. The first-order valence-electron chi connectivity index (χ1n) is 6.50. The third-order valence-electron chi connectivity index (χ3n) is 3.38. The van der Waals surface area contributed by atoms with Crippen molar-refractivity contribution < 1.29 is 23.0 Å². The van der Waals surface area contributed by atoms with Crippen LogP contribution in [0.4, 0.5) is 14.5 Å². The molecule has 110 valence electrons. The van der Waals surface area contributed by atoms with Crippen molar-refractivity contribution >= 4 is 11.7 Å². The molecule has 1 saturated heterocycles. The van der Waals surface area contributed by atoms with E-state index in [1.54, 1.807) is 0 Å². The number of hydrogen-bond donors (Lipinski definition) is 1. The van der Waals surface area contributed by atoms with E-state index >= 15 is 0 Å². The molecule has 0 radical (unpaired) electrons. The number of methoxy groups -OCH3 is 1. The van der Waals surface area contributed by atoms with E-state index in [0.29, 0.717) is 31.7 Å². The van der Waals surface area contributed by atoms with Gasteiger partial charge in [0.2, 0.25) is 0 Å². The zero-order chi connectivity index (χ0) is 14.5. The van der Waals surface area contributed by atoms with Gasteiger partial charge in [-0.05, 0) is 24.8 Å². The molecule has 1 aromatic carbocycles. The number of carbonyl (C=O) groups is 1. The summed E-state index contributed by atoms with van der Waals surface area (Å²) in [6, 6.07) is 1.84. The molecular weight excluding hydrogens is 268 g/mol. The van der Waals surface area contributed by atoms with Crippen LogP contribution in [0.3, 0.4) is 0 Å². The minimum absolute atomic E-state index is 0.110. The molecule has 1 fully saturated rings. The van der Waals surface area contributed by atoms with Crippen molar-refractivity contribution in [2.45, 2.75) is 12.8 Å². The molecule has 0 bridgehead atoms. The molecular formula is C14H17F2NO3. The first-order chi connectivity index (χ1) is 9.61. The lowest BCUT2D eigenvalue weighted by atomic mass is 10.0. The molecule has 0 saturated carbocycles. The molecule has 0 amide bonds. The molecule has 20 heavy (non-hydrogen) atoms. The van der Waals surface area contributed by atoms with Crippen LogP contribution >= 0.6 is 0 Å². The van der Waals surface area contributed by atoms with Gasteiger partial charge in [0.25, 0.3) is 0 Å². The minimum Gasteiger partial charge on any atom is -0.465 e. The molecule has 1 aliphatic heterocycles. The predicted molar refractivity (Wildman–Crippen MR) is 69.7 cm³/mol. The van der Waals surface area contributed by atoms with Gasteiger partial charge in [0.1, 0.15) is 11.6 Å². The van der Waals surface area contributed by atoms with Crippen molar-refractivity contribution in [1.29, 1.82) is 0 Å². The quantitative estimate of drug-likeness (QED) is 0.864. The van der Waals surface area contributed by atoms with Gasteiger partial charge in [-0.1, -0.05) is 0 Å². The summed E-state index contributed by atoms with van der Waals surface area (Å²) < 4.78 is 36.9. The third-order valence-corrected chi connectivity index (χ3v) is 3.38. The van der Waals surface area contributed by atoms with Crippen LogP contribution in [0.15, 0.2) is 12.1 Å². The van der Waals surface area contributed by atoms with Crippen LogP contribution in [0.2, 0.25) is 0 Å². The lowest BCUT2D eigenvalue weighted by Crippen LogP contribution is -2.23. The van der Waals surface area contributed by atoms with E-state index in [0.717, 1.165) is 26.0 Å². The molecule has 4 nitrogen and oxygen atoms in total. The number of esters is 1. The first kappa shape index (κ1) is 14.7. The van der Waals surface area contributed by atoms with Gasteiger partial charge in [-0.25, -0.2) is 13.6 Å². The maximum atomic E-state index is 13.7. The Kier molecular flexibility index (Phi) is 4.89. The third kappa shape index (κ3) is 3.45.